The number of nitrogens with zero attached hydrogens (tertiary/aromatic N) is 9. The Bertz CT molecular complexity index is 1870. The highest BCUT2D eigenvalue weighted by Crippen LogP contribution is 2.32. The van der Waals surface area contributed by atoms with Gasteiger partial charge in [-0.1, -0.05) is 12.1 Å². The summed E-state index contributed by atoms with van der Waals surface area (Å²) >= 11 is 0. The van der Waals surface area contributed by atoms with Crippen molar-refractivity contribution in [2.45, 2.75) is 25.4 Å². The van der Waals surface area contributed by atoms with Gasteiger partial charge in [-0.25, -0.2) is 29.7 Å². The molecular weight excluding hydrogens is 558 g/mol. The van der Waals surface area contributed by atoms with Crippen LogP contribution in [0.4, 0.5) is 22.2 Å². The number of nitriles is 1. The molecule has 0 radical (unpaired) electrons. The highest BCUT2D eigenvalue weighted by molar-refractivity contribution is 5.90. The van der Waals surface area contributed by atoms with E-state index in [0.29, 0.717) is 59.2 Å². The van der Waals surface area contributed by atoms with E-state index in [1.165, 1.54) is 10.5 Å². The van der Waals surface area contributed by atoms with Gasteiger partial charge in [0.2, 0.25) is 5.82 Å². The standard InChI is InChI=1S/C31H29N11O2/c32-18-26-34-13-9-25(38-26)36-21-10-14-40(15-11-21)19-20-3-5-22(6-4-20)42-29(23-2-1-12-35-28(23)33)37-24-7-8-27(39-30(24)42)41-16-17-44-31(41)43/h1-9,12-13,21H,10-11,14-17,19H2,(H2,33,35)(H,34,36,38). The largest absolute Gasteiger partial charge is 0.447 e. The van der Waals surface area contributed by atoms with Crippen molar-refractivity contribution in [3.05, 3.63) is 78.4 Å². The summed E-state index contributed by atoms with van der Waals surface area (Å²) in [6.07, 6.45) is 4.78. The molecule has 0 spiro atoms. The van der Waals surface area contributed by atoms with Crippen molar-refractivity contribution in [3.63, 3.8) is 0 Å². The number of rotatable bonds is 7. The molecule has 5 aromatic rings. The van der Waals surface area contributed by atoms with Crippen LogP contribution in [0, 0.1) is 11.3 Å². The minimum absolute atomic E-state index is 0.170. The fourth-order valence-electron chi connectivity index (χ4n) is 5.68. The van der Waals surface area contributed by atoms with Crippen LogP contribution in [0.3, 0.4) is 0 Å². The summed E-state index contributed by atoms with van der Waals surface area (Å²) in [4.78, 5) is 38.4. The van der Waals surface area contributed by atoms with Gasteiger partial charge in [-0.3, -0.25) is 14.4 Å². The van der Waals surface area contributed by atoms with Gasteiger partial charge in [-0.2, -0.15) is 5.26 Å². The molecule has 0 bridgehead atoms. The van der Waals surface area contributed by atoms with Gasteiger partial charge in [-0.05, 0) is 60.9 Å². The fraction of sp³-hybridized carbons (Fsp3) is 0.258. The van der Waals surface area contributed by atoms with Crippen molar-refractivity contribution < 1.29 is 9.53 Å². The lowest BCUT2D eigenvalue weighted by Gasteiger charge is -2.32. The number of nitrogens with one attached hydrogen (secondary N) is 1. The minimum atomic E-state index is -0.411. The molecule has 2 aliphatic heterocycles. The molecule has 0 unspecified atom stereocenters. The topological polar surface area (TPSA) is 164 Å². The number of amides is 1. The van der Waals surface area contributed by atoms with Crippen molar-refractivity contribution in [2.24, 2.45) is 0 Å². The summed E-state index contributed by atoms with van der Waals surface area (Å²) in [6.45, 7) is 3.48. The summed E-state index contributed by atoms with van der Waals surface area (Å²) in [6, 6.07) is 19.8. The first kappa shape index (κ1) is 27.2. The average Bonchev–Trinajstić information content (AvgIpc) is 3.65. The fourth-order valence-corrected chi connectivity index (χ4v) is 5.68. The van der Waals surface area contributed by atoms with E-state index in [2.05, 4.69) is 49.4 Å². The number of nitrogens with two attached hydrogens (primary N) is 1. The number of carbonyl (C=O) groups is 1. The molecule has 1 amide bonds. The van der Waals surface area contributed by atoms with Crippen molar-refractivity contribution in [3.8, 4) is 23.1 Å². The normalized spacial score (nSPS) is 15.8. The number of cyclic esters (lactones) is 1. The second-order valence-corrected chi connectivity index (χ2v) is 10.7. The molecule has 13 heteroatoms. The Morgan fingerprint density at radius 1 is 0.977 bits per heavy atom. The number of benzene rings is 1. The number of likely N-dealkylation sites (tertiary alicyclic amines) is 1. The lowest BCUT2D eigenvalue weighted by molar-refractivity contribution is 0.181. The van der Waals surface area contributed by atoms with E-state index >= 15 is 0 Å². The molecule has 4 aromatic heterocycles. The van der Waals surface area contributed by atoms with Crippen LogP contribution in [0.15, 0.2) is 67.0 Å². The zero-order valence-electron chi connectivity index (χ0n) is 23.8. The van der Waals surface area contributed by atoms with Gasteiger partial charge in [0, 0.05) is 43.8 Å². The van der Waals surface area contributed by atoms with Crippen LogP contribution in [-0.2, 0) is 11.3 Å². The van der Waals surface area contributed by atoms with E-state index in [-0.39, 0.29) is 5.82 Å². The molecule has 6 heterocycles. The van der Waals surface area contributed by atoms with Crippen LogP contribution >= 0.6 is 0 Å². The summed E-state index contributed by atoms with van der Waals surface area (Å²) in [5, 5.41) is 12.5. The number of fused-ring (bicyclic) bond motifs is 1. The molecule has 1 aromatic carbocycles. The van der Waals surface area contributed by atoms with Gasteiger partial charge in [0.05, 0.1) is 12.1 Å². The SMILES string of the molecule is N#Cc1nccc(NC2CCN(Cc3ccc(-n4c(-c5cccnc5N)nc5ccc(N6CCOC6=O)nc54)cc3)CC2)n1. The van der Waals surface area contributed by atoms with E-state index in [1.54, 1.807) is 24.5 Å². The van der Waals surface area contributed by atoms with E-state index in [0.717, 1.165) is 38.2 Å². The molecule has 13 nitrogen and oxygen atoms in total. The number of ether oxygens (including phenoxy) is 1. The number of hydrogen-bond donors (Lipinski definition) is 2. The van der Waals surface area contributed by atoms with Crippen molar-refractivity contribution in [1.29, 1.82) is 5.26 Å². The minimum Gasteiger partial charge on any atom is -0.447 e. The number of piperidine rings is 1. The molecule has 2 aliphatic rings. The summed E-state index contributed by atoms with van der Waals surface area (Å²) in [5.74, 6) is 2.35. The first-order chi connectivity index (χ1) is 21.6. The van der Waals surface area contributed by atoms with Gasteiger partial charge in [-0.15, -0.1) is 0 Å². The first-order valence-electron chi connectivity index (χ1n) is 14.4. The average molecular weight is 588 g/mol. The summed E-state index contributed by atoms with van der Waals surface area (Å²) in [7, 11) is 0. The molecule has 220 valence electrons. The van der Waals surface area contributed by atoms with Crippen LogP contribution in [0.25, 0.3) is 28.2 Å². The van der Waals surface area contributed by atoms with Crippen LogP contribution in [0.2, 0.25) is 0 Å². The van der Waals surface area contributed by atoms with Crippen molar-refractivity contribution >= 4 is 34.7 Å². The molecule has 2 saturated heterocycles. The number of pyridine rings is 2. The molecule has 44 heavy (non-hydrogen) atoms. The molecule has 3 N–H and O–H groups in total. The number of nitrogen functional groups attached to an aromatic ring is 1. The molecule has 0 atom stereocenters. The lowest BCUT2D eigenvalue weighted by atomic mass is 10.0. The molecule has 2 fully saturated rings. The zero-order chi connectivity index (χ0) is 30.0. The molecule has 0 saturated carbocycles. The molecular formula is C31H29N11O2. The van der Waals surface area contributed by atoms with E-state index in [1.807, 2.05) is 28.8 Å². The first-order valence-corrected chi connectivity index (χ1v) is 14.4. The van der Waals surface area contributed by atoms with Gasteiger partial charge >= 0.3 is 6.09 Å². The van der Waals surface area contributed by atoms with Gasteiger partial charge < -0.3 is 15.8 Å². The Hall–Kier alpha value is -5.61. The maximum atomic E-state index is 12.3. The van der Waals surface area contributed by atoms with Crippen LogP contribution in [-0.4, -0.2) is 72.8 Å². The number of hydrogen-bond acceptors (Lipinski definition) is 11. The van der Waals surface area contributed by atoms with Crippen molar-refractivity contribution in [1.82, 2.24) is 34.4 Å². The third-order valence-corrected chi connectivity index (χ3v) is 7.90. The molecule has 0 aliphatic carbocycles. The Balaban J connectivity index is 1.12. The van der Waals surface area contributed by atoms with Crippen LogP contribution in [0.5, 0.6) is 0 Å². The second-order valence-electron chi connectivity index (χ2n) is 10.7. The number of aromatic nitrogens is 6. The van der Waals surface area contributed by atoms with E-state index in [4.69, 9.17) is 25.7 Å². The van der Waals surface area contributed by atoms with E-state index < -0.39 is 6.09 Å². The second kappa shape index (κ2) is 11.6. The lowest BCUT2D eigenvalue weighted by Crippen LogP contribution is -2.38. The summed E-state index contributed by atoms with van der Waals surface area (Å²) in [5.41, 5.74) is 10.3. The number of anilines is 3. The van der Waals surface area contributed by atoms with Gasteiger partial charge in [0.25, 0.3) is 0 Å². The smallest absolute Gasteiger partial charge is 0.415 e. The van der Waals surface area contributed by atoms with E-state index in [9.17, 15) is 4.79 Å². The Morgan fingerprint density at radius 3 is 2.57 bits per heavy atom. The third-order valence-electron chi connectivity index (χ3n) is 7.90. The Kier molecular flexibility index (Phi) is 7.17. The number of imidazole rings is 1. The maximum Gasteiger partial charge on any atom is 0.415 e. The van der Waals surface area contributed by atoms with Crippen LogP contribution < -0.4 is 16.0 Å². The zero-order valence-corrected chi connectivity index (χ0v) is 23.8. The predicted molar refractivity (Wildman–Crippen MR) is 164 cm³/mol. The predicted octanol–water partition coefficient (Wildman–Crippen LogP) is 3.76. The quantitative estimate of drug-likeness (QED) is 0.285. The van der Waals surface area contributed by atoms with Gasteiger partial charge in [0.15, 0.2) is 11.5 Å². The van der Waals surface area contributed by atoms with Crippen molar-refractivity contribution in [2.75, 3.05) is 42.2 Å². The third kappa shape index (κ3) is 5.34. The summed E-state index contributed by atoms with van der Waals surface area (Å²) < 4.78 is 7.09. The Morgan fingerprint density at radius 2 is 1.82 bits per heavy atom. The van der Waals surface area contributed by atoms with Crippen LogP contribution in [0.1, 0.15) is 24.2 Å². The highest BCUT2D eigenvalue weighted by atomic mass is 16.6. The molecule has 7 rings (SSSR count). The monoisotopic (exact) mass is 587 g/mol. The maximum absolute atomic E-state index is 12.3. The number of carbonyl (C=O) groups excluding carboxylic acids is 1. The van der Waals surface area contributed by atoms with Gasteiger partial charge in [0.1, 0.15) is 35.6 Å². The highest BCUT2D eigenvalue weighted by Gasteiger charge is 2.26. The Labute approximate surface area is 253 Å².